The quantitative estimate of drug-likeness (QED) is 0.688. The van der Waals surface area contributed by atoms with Crippen molar-refractivity contribution in [2.45, 2.75) is 0 Å². The number of hydrogen-bond donors (Lipinski definition) is 1. The second kappa shape index (κ2) is 5.62. The van der Waals surface area contributed by atoms with Crippen molar-refractivity contribution in [3.05, 3.63) is 48.8 Å². The number of nitrogens with zero attached hydrogens (tertiary/aromatic N) is 3. The van der Waals surface area contributed by atoms with E-state index in [1.54, 1.807) is 18.5 Å². The van der Waals surface area contributed by atoms with E-state index in [9.17, 15) is 4.79 Å². The first kappa shape index (κ1) is 13.1. The topological polar surface area (TPSA) is 67.3 Å². The predicted octanol–water partition coefficient (Wildman–Crippen LogP) is 2.40. The smallest absolute Gasteiger partial charge is 0.330 e. The molecule has 21 heavy (non-hydrogen) atoms. The van der Waals surface area contributed by atoms with Crippen LogP contribution >= 0.6 is 0 Å². The lowest BCUT2D eigenvalue weighted by Crippen LogP contribution is -2.24. The number of rotatable bonds is 3. The summed E-state index contributed by atoms with van der Waals surface area (Å²) >= 11 is 0. The van der Waals surface area contributed by atoms with Crippen molar-refractivity contribution in [3.63, 3.8) is 0 Å². The van der Waals surface area contributed by atoms with E-state index in [1.807, 2.05) is 29.2 Å². The molecule has 0 fully saturated rings. The van der Waals surface area contributed by atoms with Crippen LogP contribution in [0.15, 0.2) is 48.8 Å². The van der Waals surface area contributed by atoms with Crippen LogP contribution in [0, 0.1) is 0 Å². The number of esters is 1. The molecule has 0 radical (unpaired) electrons. The molecule has 1 N–H and O–H groups in total. The molecule has 0 saturated heterocycles. The molecule has 1 aliphatic rings. The number of anilines is 4. The van der Waals surface area contributed by atoms with Crippen molar-refractivity contribution in [2.24, 2.45) is 0 Å². The third kappa shape index (κ3) is 2.55. The van der Waals surface area contributed by atoms with E-state index in [4.69, 9.17) is 0 Å². The van der Waals surface area contributed by atoms with Gasteiger partial charge in [-0.25, -0.2) is 14.8 Å². The molecule has 106 valence electrons. The summed E-state index contributed by atoms with van der Waals surface area (Å²) in [5, 5.41) is 3.25. The van der Waals surface area contributed by atoms with E-state index in [1.165, 1.54) is 13.2 Å². The van der Waals surface area contributed by atoms with Gasteiger partial charge in [0.15, 0.2) is 11.6 Å². The third-order valence-corrected chi connectivity index (χ3v) is 3.13. The van der Waals surface area contributed by atoms with Gasteiger partial charge in [0.2, 0.25) is 0 Å². The third-order valence-electron chi connectivity index (χ3n) is 3.13. The lowest BCUT2D eigenvalue weighted by atomic mass is 10.2. The largest absolute Gasteiger partial charge is 0.466 e. The van der Waals surface area contributed by atoms with E-state index in [0.717, 1.165) is 17.2 Å². The number of methoxy groups -OCH3 is 1. The zero-order chi connectivity index (χ0) is 14.7. The number of ether oxygens (including phenoxy) is 1. The maximum atomic E-state index is 11.2. The fourth-order valence-corrected chi connectivity index (χ4v) is 2.18. The summed E-state index contributed by atoms with van der Waals surface area (Å²) in [5.74, 6) is 1.05. The lowest BCUT2D eigenvalue weighted by Gasteiger charge is -2.30. The number of carbonyl (C=O) groups excluding carboxylic acids is 1. The second-order valence-corrected chi connectivity index (χ2v) is 4.41. The van der Waals surface area contributed by atoms with Crippen LogP contribution in [0.5, 0.6) is 0 Å². The molecule has 1 aromatic carbocycles. The second-order valence-electron chi connectivity index (χ2n) is 4.41. The highest BCUT2D eigenvalue weighted by atomic mass is 16.5. The van der Waals surface area contributed by atoms with Crippen LogP contribution in [-0.4, -0.2) is 29.6 Å². The molecule has 1 aromatic heterocycles. The number of para-hydroxylation sites is 2. The summed E-state index contributed by atoms with van der Waals surface area (Å²) in [5.41, 5.74) is 1.94. The van der Waals surface area contributed by atoms with Gasteiger partial charge < -0.3 is 15.0 Å². The molecule has 0 spiro atoms. The SMILES string of the molecule is COC(=O)/C=C/CN1c2ccccc2Nc2nccnc21. The van der Waals surface area contributed by atoms with Crippen LogP contribution in [0.1, 0.15) is 0 Å². The minimum atomic E-state index is -0.377. The molecular weight excluding hydrogens is 268 g/mol. The van der Waals surface area contributed by atoms with Crippen molar-refractivity contribution in [1.29, 1.82) is 0 Å². The van der Waals surface area contributed by atoms with Gasteiger partial charge in [-0.1, -0.05) is 18.2 Å². The van der Waals surface area contributed by atoms with Gasteiger partial charge in [-0.2, -0.15) is 0 Å². The molecule has 0 unspecified atom stereocenters. The lowest BCUT2D eigenvalue weighted by molar-refractivity contribution is -0.134. The standard InChI is InChI=1S/C15H14N4O2/c1-21-13(20)7-4-10-19-12-6-3-2-5-11(12)18-14-15(19)17-9-8-16-14/h2-9H,10H2,1H3,(H,16,18)/b7-4+. The molecule has 0 atom stereocenters. The normalized spacial score (nSPS) is 12.5. The highest BCUT2D eigenvalue weighted by Crippen LogP contribution is 2.40. The Morgan fingerprint density at radius 1 is 1.33 bits per heavy atom. The summed E-state index contributed by atoms with van der Waals surface area (Å²) < 4.78 is 4.59. The minimum Gasteiger partial charge on any atom is -0.466 e. The van der Waals surface area contributed by atoms with E-state index in [-0.39, 0.29) is 5.97 Å². The molecule has 2 heterocycles. The molecule has 1 aliphatic heterocycles. The molecule has 0 amide bonds. The Bertz CT molecular complexity index is 654. The minimum absolute atomic E-state index is 0.377. The van der Waals surface area contributed by atoms with Gasteiger partial charge in [0.25, 0.3) is 0 Å². The van der Waals surface area contributed by atoms with Crippen molar-refractivity contribution >= 4 is 29.0 Å². The van der Waals surface area contributed by atoms with Gasteiger partial charge in [0.05, 0.1) is 18.5 Å². The summed E-state index contributed by atoms with van der Waals surface area (Å²) in [6.45, 7) is 0.499. The summed E-state index contributed by atoms with van der Waals surface area (Å²) in [6.07, 6.45) is 6.43. The van der Waals surface area contributed by atoms with Crippen LogP contribution in [0.2, 0.25) is 0 Å². The fourth-order valence-electron chi connectivity index (χ4n) is 2.18. The van der Waals surface area contributed by atoms with Gasteiger partial charge in [0, 0.05) is 25.0 Å². The Balaban J connectivity index is 1.95. The van der Waals surface area contributed by atoms with E-state index in [0.29, 0.717) is 12.4 Å². The van der Waals surface area contributed by atoms with Crippen molar-refractivity contribution in [3.8, 4) is 0 Å². The number of carbonyl (C=O) groups is 1. The number of aromatic nitrogens is 2. The number of fused-ring (bicyclic) bond motifs is 2. The highest BCUT2D eigenvalue weighted by Gasteiger charge is 2.23. The molecule has 0 saturated carbocycles. The van der Waals surface area contributed by atoms with Crippen LogP contribution < -0.4 is 10.2 Å². The first-order valence-corrected chi connectivity index (χ1v) is 6.48. The average Bonchev–Trinajstić information content (AvgIpc) is 2.54. The maximum Gasteiger partial charge on any atom is 0.330 e. The van der Waals surface area contributed by atoms with Crippen molar-refractivity contribution in [1.82, 2.24) is 9.97 Å². The van der Waals surface area contributed by atoms with Crippen LogP contribution in [-0.2, 0) is 9.53 Å². The number of hydrogen-bond acceptors (Lipinski definition) is 6. The fraction of sp³-hybridized carbons (Fsp3) is 0.133. The van der Waals surface area contributed by atoms with E-state index < -0.39 is 0 Å². The first-order valence-electron chi connectivity index (χ1n) is 6.48. The molecule has 0 aliphatic carbocycles. The van der Waals surface area contributed by atoms with Crippen molar-refractivity contribution in [2.75, 3.05) is 23.9 Å². The Labute approximate surface area is 122 Å². The maximum absolute atomic E-state index is 11.2. The average molecular weight is 282 g/mol. The number of benzene rings is 1. The molecule has 6 heteroatoms. The Hall–Kier alpha value is -2.89. The number of nitrogens with one attached hydrogen (secondary N) is 1. The summed E-state index contributed by atoms with van der Waals surface area (Å²) in [6, 6.07) is 7.88. The van der Waals surface area contributed by atoms with Crippen LogP contribution in [0.4, 0.5) is 23.0 Å². The zero-order valence-corrected chi connectivity index (χ0v) is 11.5. The van der Waals surface area contributed by atoms with E-state index in [2.05, 4.69) is 20.0 Å². The summed E-state index contributed by atoms with van der Waals surface area (Å²) in [7, 11) is 1.35. The predicted molar refractivity (Wildman–Crippen MR) is 79.9 cm³/mol. The Morgan fingerprint density at radius 3 is 3.00 bits per heavy atom. The molecule has 0 bridgehead atoms. The molecular formula is C15H14N4O2. The summed E-state index contributed by atoms with van der Waals surface area (Å²) in [4.78, 5) is 21.8. The van der Waals surface area contributed by atoms with Crippen LogP contribution in [0.25, 0.3) is 0 Å². The monoisotopic (exact) mass is 282 g/mol. The van der Waals surface area contributed by atoms with Gasteiger partial charge in [-0.05, 0) is 12.1 Å². The van der Waals surface area contributed by atoms with Gasteiger partial charge in [0.1, 0.15) is 0 Å². The zero-order valence-electron chi connectivity index (χ0n) is 11.5. The highest BCUT2D eigenvalue weighted by molar-refractivity contribution is 5.88. The van der Waals surface area contributed by atoms with Gasteiger partial charge in [-0.15, -0.1) is 0 Å². The van der Waals surface area contributed by atoms with Gasteiger partial charge >= 0.3 is 5.97 Å². The van der Waals surface area contributed by atoms with Crippen molar-refractivity contribution < 1.29 is 9.53 Å². The van der Waals surface area contributed by atoms with Gasteiger partial charge in [-0.3, -0.25) is 0 Å². The molecule has 2 aromatic rings. The Morgan fingerprint density at radius 2 is 2.14 bits per heavy atom. The Kier molecular flexibility index (Phi) is 3.51. The van der Waals surface area contributed by atoms with E-state index >= 15 is 0 Å². The molecule has 6 nitrogen and oxygen atoms in total. The first-order chi connectivity index (χ1) is 10.3. The van der Waals surface area contributed by atoms with Crippen LogP contribution in [0.3, 0.4) is 0 Å². The molecule has 3 rings (SSSR count).